The highest BCUT2D eigenvalue weighted by molar-refractivity contribution is 6.25. The Morgan fingerprint density at radius 3 is 3.00 bits per heavy atom. The van der Waals surface area contributed by atoms with Gasteiger partial charge in [-0.05, 0) is 24.7 Å². The number of likely N-dealkylation sites (tertiary alicyclic amines) is 1. The van der Waals surface area contributed by atoms with Crippen molar-refractivity contribution in [2.75, 3.05) is 13.1 Å². The summed E-state index contributed by atoms with van der Waals surface area (Å²) in [5.74, 6) is 0.286. The van der Waals surface area contributed by atoms with Crippen LogP contribution in [-0.4, -0.2) is 35.1 Å². The van der Waals surface area contributed by atoms with Crippen LogP contribution in [0.2, 0.25) is 0 Å². The first-order chi connectivity index (χ1) is 7.24. The largest absolute Gasteiger partial charge is 0.480 e. The summed E-state index contributed by atoms with van der Waals surface area (Å²) in [5.41, 5.74) is 1.47. The first kappa shape index (κ1) is 11.0. The number of carboxylic acid groups (broad SMARTS) is 1. The van der Waals surface area contributed by atoms with Crippen molar-refractivity contribution in [2.24, 2.45) is 11.8 Å². The van der Waals surface area contributed by atoms with Crippen molar-refractivity contribution in [3.63, 3.8) is 0 Å². The first-order valence-corrected chi connectivity index (χ1v) is 5.89. The molecular formula is C11H16ClNO2. The Labute approximate surface area is 94.7 Å². The van der Waals surface area contributed by atoms with Gasteiger partial charge in [0.15, 0.2) is 0 Å². The molecule has 2 rings (SSSR count). The van der Waals surface area contributed by atoms with E-state index in [1.165, 1.54) is 18.4 Å². The van der Waals surface area contributed by atoms with Crippen molar-refractivity contribution in [1.29, 1.82) is 0 Å². The maximum absolute atomic E-state index is 11.2. The van der Waals surface area contributed by atoms with E-state index in [2.05, 4.69) is 0 Å². The van der Waals surface area contributed by atoms with Gasteiger partial charge in [0.25, 0.3) is 0 Å². The quantitative estimate of drug-likeness (QED) is 0.804. The smallest absolute Gasteiger partial charge is 0.321 e. The third kappa shape index (κ3) is 2.04. The maximum Gasteiger partial charge on any atom is 0.321 e. The van der Waals surface area contributed by atoms with Crippen LogP contribution in [0.15, 0.2) is 11.6 Å². The third-order valence-electron chi connectivity index (χ3n) is 3.67. The Hall–Kier alpha value is -0.540. The molecule has 0 aromatic heterocycles. The van der Waals surface area contributed by atoms with E-state index in [0.29, 0.717) is 18.4 Å². The second-order valence-electron chi connectivity index (χ2n) is 4.45. The number of hydrogen-bond acceptors (Lipinski definition) is 2. The summed E-state index contributed by atoms with van der Waals surface area (Å²) in [6.45, 7) is 1.58. The molecule has 3 nitrogen and oxygen atoms in total. The summed E-state index contributed by atoms with van der Waals surface area (Å²) in [6, 6.07) is -0.287. The SMILES string of the molecule is O=C(O)C1C2CCCC2CN1C/C=C/Cl. The number of rotatable bonds is 3. The first-order valence-electron chi connectivity index (χ1n) is 5.46. The van der Waals surface area contributed by atoms with Crippen molar-refractivity contribution in [1.82, 2.24) is 4.90 Å². The zero-order valence-corrected chi connectivity index (χ0v) is 9.36. The molecule has 2 aliphatic rings. The molecule has 1 N–H and O–H groups in total. The molecule has 1 aliphatic carbocycles. The molecular weight excluding hydrogens is 214 g/mol. The average molecular weight is 230 g/mol. The number of aliphatic carboxylic acids is 1. The standard InChI is InChI=1S/C11H16ClNO2/c12-5-2-6-13-7-8-3-1-4-9(8)10(13)11(14)15/h2,5,8-10H,1,3-4,6-7H2,(H,14,15)/b5-2+. The van der Waals surface area contributed by atoms with Gasteiger partial charge in [-0.1, -0.05) is 24.1 Å². The van der Waals surface area contributed by atoms with Crippen molar-refractivity contribution in [3.05, 3.63) is 11.6 Å². The maximum atomic E-state index is 11.2. The minimum Gasteiger partial charge on any atom is -0.480 e. The average Bonchev–Trinajstić information content (AvgIpc) is 2.72. The van der Waals surface area contributed by atoms with Crippen LogP contribution in [-0.2, 0) is 4.79 Å². The van der Waals surface area contributed by atoms with Gasteiger partial charge < -0.3 is 5.11 Å². The summed E-state index contributed by atoms with van der Waals surface area (Å²) in [6.07, 6.45) is 5.27. The minimum absolute atomic E-state index is 0.287. The molecule has 15 heavy (non-hydrogen) atoms. The molecule has 1 aliphatic heterocycles. The second kappa shape index (κ2) is 4.54. The van der Waals surface area contributed by atoms with E-state index >= 15 is 0 Å². The van der Waals surface area contributed by atoms with Gasteiger partial charge >= 0.3 is 5.97 Å². The van der Waals surface area contributed by atoms with Gasteiger partial charge in [-0.25, -0.2) is 0 Å². The van der Waals surface area contributed by atoms with E-state index in [-0.39, 0.29) is 6.04 Å². The Bertz CT molecular complexity index is 280. The van der Waals surface area contributed by atoms with E-state index in [9.17, 15) is 9.90 Å². The van der Waals surface area contributed by atoms with Crippen LogP contribution in [0.25, 0.3) is 0 Å². The fourth-order valence-electron chi connectivity index (χ4n) is 3.10. The normalized spacial score (nSPS) is 36.2. The number of halogens is 1. The predicted molar refractivity (Wildman–Crippen MR) is 58.8 cm³/mol. The molecule has 1 saturated carbocycles. The molecule has 0 bridgehead atoms. The van der Waals surface area contributed by atoms with Crippen LogP contribution >= 0.6 is 11.6 Å². The number of nitrogens with zero attached hydrogens (tertiary/aromatic N) is 1. The fourth-order valence-corrected chi connectivity index (χ4v) is 3.18. The van der Waals surface area contributed by atoms with Gasteiger partial charge in [0.05, 0.1) is 0 Å². The van der Waals surface area contributed by atoms with Gasteiger partial charge in [0, 0.05) is 18.6 Å². The molecule has 3 unspecified atom stereocenters. The number of hydrogen-bond donors (Lipinski definition) is 1. The molecule has 1 saturated heterocycles. The van der Waals surface area contributed by atoms with Gasteiger partial charge in [-0.2, -0.15) is 0 Å². The van der Waals surface area contributed by atoms with Crippen molar-refractivity contribution < 1.29 is 9.90 Å². The minimum atomic E-state index is -0.674. The highest BCUT2D eigenvalue weighted by atomic mass is 35.5. The molecule has 0 aromatic rings. The lowest BCUT2D eigenvalue weighted by Gasteiger charge is -2.22. The molecule has 4 heteroatoms. The number of carbonyl (C=O) groups is 1. The van der Waals surface area contributed by atoms with Gasteiger partial charge in [0.2, 0.25) is 0 Å². The Kier molecular flexibility index (Phi) is 3.32. The van der Waals surface area contributed by atoms with E-state index in [4.69, 9.17) is 11.6 Å². The Balaban J connectivity index is 2.08. The topological polar surface area (TPSA) is 40.5 Å². The van der Waals surface area contributed by atoms with Crippen molar-refractivity contribution in [3.8, 4) is 0 Å². The molecule has 2 fully saturated rings. The number of fused-ring (bicyclic) bond motifs is 1. The molecule has 3 atom stereocenters. The predicted octanol–water partition coefficient (Wildman–Crippen LogP) is 1.92. The zero-order valence-electron chi connectivity index (χ0n) is 8.60. The third-order valence-corrected chi connectivity index (χ3v) is 3.85. The van der Waals surface area contributed by atoms with Crippen LogP contribution in [0.5, 0.6) is 0 Å². The molecule has 1 heterocycles. The number of carboxylic acids is 1. The lowest BCUT2D eigenvalue weighted by atomic mass is 9.94. The van der Waals surface area contributed by atoms with Crippen LogP contribution in [0.3, 0.4) is 0 Å². The summed E-state index contributed by atoms with van der Waals surface area (Å²) in [4.78, 5) is 13.3. The monoisotopic (exact) mass is 229 g/mol. The summed E-state index contributed by atoms with van der Waals surface area (Å²) < 4.78 is 0. The second-order valence-corrected chi connectivity index (χ2v) is 4.71. The van der Waals surface area contributed by atoms with Gasteiger partial charge in [-0.15, -0.1) is 0 Å². The summed E-state index contributed by atoms with van der Waals surface area (Å²) in [5, 5.41) is 9.23. The van der Waals surface area contributed by atoms with Crippen LogP contribution in [0, 0.1) is 11.8 Å². The zero-order chi connectivity index (χ0) is 10.8. The Morgan fingerprint density at radius 2 is 2.33 bits per heavy atom. The lowest BCUT2D eigenvalue weighted by Crippen LogP contribution is -2.39. The fraction of sp³-hybridized carbons (Fsp3) is 0.727. The van der Waals surface area contributed by atoms with Crippen molar-refractivity contribution >= 4 is 17.6 Å². The summed E-state index contributed by atoms with van der Waals surface area (Å²) in [7, 11) is 0. The van der Waals surface area contributed by atoms with Crippen LogP contribution in [0.1, 0.15) is 19.3 Å². The molecule has 0 aromatic carbocycles. The van der Waals surface area contributed by atoms with E-state index in [1.807, 2.05) is 11.0 Å². The van der Waals surface area contributed by atoms with E-state index in [0.717, 1.165) is 13.0 Å². The molecule has 84 valence electrons. The van der Waals surface area contributed by atoms with Gasteiger partial charge in [0.1, 0.15) is 6.04 Å². The van der Waals surface area contributed by atoms with E-state index in [1.54, 1.807) is 0 Å². The van der Waals surface area contributed by atoms with Gasteiger partial charge in [-0.3, -0.25) is 9.69 Å². The molecule has 0 amide bonds. The highest BCUT2D eigenvalue weighted by Gasteiger charge is 2.47. The lowest BCUT2D eigenvalue weighted by molar-refractivity contribution is -0.143. The highest BCUT2D eigenvalue weighted by Crippen LogP contribution is 2.42. The summed E-state index contributed by atoms with van der Waals surface area (Å²) >= 11 is 5.47. The molecule has 0 spiro atoms. The van der Waals surface area contributed by atoms with E-state index < -0.39 is 5.97 Å². The van der Waals surface area contributed by atoms with Crippen molar-refractivity contribution in [2.45, 2.75) is 25.3 Å². The Morgan fingerprint density at radius 1 is 1.53 bits per heavy atom. The van der Waals surface area contributed by atoms with Crippen LogP contribution in [0.4, 0.5) is 0 Å². The van der Waals surface area contributed by atoms with Crippen LogP contribution < -0.4 is 0 Å². The molecule has 0 radical (unpaired) electrons.